The van der Waals surface area contributed by atoms with Crippen LogP contribution in [0.15, 0.2) is 24.3 Å². The summed E-state index contributed by atoms with van der Waals surface area (Å²) in [6, 6.07) is 5.36. The van der Waals surface area contributed by atoms with Crippen LogP contribution >= 0.6 is 0 Å². The summed E-state index contributed by atoms with van der Waals surface area (Å²) < 4.78 is 13.0. The lowest BCUT2D eigenvalue weighted by molar-refractivity contribution is -0.145. The molecular formula is C19H28FN3O2. The molecule has 0 saturated carbocycles. The monoisotopic (exact) mass is 349 g/mol. The summed E-state index contributed by atoms with van der Waals surface area (Å²) in [5.74, 6) is -1.35. The Bertz CT molecular complexity index is 625. The van der Waals surface area contributed by atoms with E-state index < -0.39 is 11.8 Å². The molecule has 1 aromatic rings. The van der Waals surface area contributed by atoms with Gasteiger partial charge in [-0.15, -0.1) is 0 Å². The van der Waals surface area contributed by atoms with Gasteiger partial charge in [0.05, 0.1) is 6.04 Å². The van der Waals surface area contributed by atoms with Crippen molar-refractivity contribution in [3.8, 4) is 0 Å². The first-order chi connectivity index (χ1) is 11.6. The highest BCUT2D eigenvalue weighted by Crippen LogP contribution is 2.30. The third kappa shape index (κ3) is 5.26. The first kappa shape index (κ1) is 19.4. The molecule has 1 aromatic carbocycles. The maximum Gasteiger partial charge on any atom is 0.311 e. The number of nitrogens with one attached hydrogen (secondary N) is 1. The van der Waals surface area contributed by atoms with E-state index in [1.807, 2.05) is 0 Å². The number of nitrogens with zero attached hydrogens (tertiary/aromatic N) is 1. The van der Waals surface area contributed by atoms with Crippen LogP contribution in [0.4, 0.5) is 4.39 Å². The van der Waals surface area contributed by atoms with Crippen molar-refractivity contribution < 1.29 is 14.0 Å². The van der Waals surface area contributed by atoms with Crippen LogP contribution in [0.1, 0.15) is 45.7 Å². The van der Waals surface area contributed by atoms with Crippen LogP contribution in [-0.4, -0.2) is 35.8 Å². The van der Waals surface area contributed by atoms with Crippen molar-refractivity contribution in [2.24, 2.45) is 17.1 Å². The number of rotatable bonds is 3. The van der Waals surface area contributed by atoms with E-state index in [-0.39, 0.29) is 29.2 Å². The predicted molar refractivity (Wildman–Crippen MR) is 95.1 cm³/mol. The minimum Gasteiger partial charge on any atom is -0.341 e. The van der Waals surface area contributed by atoms with Gasteiger partial charge < -0.3 is 16.0 Å². The van der Waals surface area contributed by atoms with Crippen LogP contribution in [0.25, 0.3) is 0 Å². The van der Waals surface area contributed by atoms with Gasteiger partial charge in [-0.25, -0.2) is 4.39 Å². The summed E-state index contributed by atoms with van der Waals surface area (Å²) in [6.07, 6.45) is 0.908. The Kier molecular flexibility index (Phi) is 5.83. The van der Waals surface area contributed by atoms with Gasteiger partial charge in [-0.2, -0.15) is 0 Å². The maximum atomic E-state index is 13.0. The van der Waals surface area contributed by atoms with E-state index in [0.29, 0.717) is 13.1 Å². The smallest absolute Gasteiger partial charge is 0.311 e. The van der Waals surface area contributed by atoms with Crippen molar-refractivity contribution in [1.82, 2.24) is 10.2 Å². The van der Waals surface area contributed by atoms with Crippen molar-refractivity contribution in [2.45, 2.75) is 46.2 Å². The molecule has 138 valence electrons. The Morgan fingerprint density at radius 3 is 2.44 bits per heavy atom. The summed E-state index contributed by atoms with van der Waals surface area (Å²) in [7, 11) is 0. The van der Waals surface area contributed by atoms with Crippen LogP contribution in [0, 0.1) is 17.2 Å². The summed E-state index contributed by atoms with van der Waals surface area (Å²) in [6.45, 7) is 9.09. The second kappa shape index (κ2) is 7.52. The highest BCUT2D eigenvalue weighted by Gasteiger charge is 2.37. The van der Waals surface area contributed by atoms with Crippen molar-refractivity contribution in [3.63, 3.8) is 0 Å². The topological polar surface area (TPSA) is 75.4 Å². The van der Waals surface area contributed by atoms with Crippen molar-refractivity contribution in [2.75, 3.05) is 13.1 Å². The zero-order valence-corrected chi connectivity index (χ0v) is 15.4. The first-order valence-electron chi connectivity index (χ1n) is 8.67. The molecule has 2 amide bonds. The number of hydrogen-bond donors (Lipinski definition) is 2. The van der Waals surface area contributed by atoms with Gasteiger partial charge in [0.25, 0.3) is 0 Å². The summed E-state index contributed by atoms with van der Waals surface area (Å²) in [4.78, 5) is 26.2. The van der Waals surface area contributed by atoms with Gasteiger partial charge in [0.2, 0.25) is 0 Å². The molecule has 2 rings (SSSR count). The number of nitrogens with two attached hydrogens (primary N) is 1. The average Bonchev–Trinajstić information content (AvgIpc) is 2.86. The molecular weight excluding hydrogens is 321 g/mol. The Morgan fingerprint density at radius 1 is 1.28 bits per heavy atom. The summed E-state index contributed by atoms with van der Waals surface area (Å²) >= 11 is 0. The van der Waals surface area contributed by atoms with E-state index in [1.165, 1.54) is 17.0 Å². The molecule has 6 heteroatoms. The van der Waals surface area contributed by atoms with Crippen molar-refractivity contribution in [1.29, 1.82) is 0 Å². The quantitative estimate of drug-likeness (QED) is 0.822. The minimum atomic E-state index is -0.652. The van der Waals surface area contributed by atoms with Gasteiger partial charge in [0.1, 0.15) is 5.82 Å². The number of carbonyl (C=O) groups excluding carboxylic acids is 2. The molecule has 0 aliphatic carbocycles. The maximum absolute atomic E-state index is 13.0. The lowest BCUT2D eigenvalue weighted by Crippen LogP contribution is -2.43. The highest BCUT2D eigenvalue weighted by molar-refractivity contribution is 6.35. The number of benzene rings is 1. The molecule has 1 aliphatic heterocycles. The van der Waals surface area contributed by atoms with Gasteiger partial charge in [0.15, 0.2) is 0 Å². The Hall–Kier alpha value is -1.95. The van der Waals surface area contributed by atoms with Gasteiger partial charge in [-0.3, -0.25) is 9.59 Å². The highest BCUT2D eigenvalue weighted by atomic mass is 19.1. The number of likely N-dealkylation sites (tertiary alicyclic amines) is 1. The van der Waals surface area contributed by atoms with E-state index in [9.17, 15) is 14.0 Å². The van der Waals surface area contributed by atoms with Gasteiger partial charge in [0, 0.05) is 19.1 Å². The van der Waals surface area contributed by atoms with Crippen molar-refractivity contribution in [3.05, 3.63) is 35.6 Å². The first-order valence-corrected chi connectivity index (χ1v) is 8.67. The van der Waals surface area contributed by atoms with E-state index in [4.69, 9.17) is 5.73 Å². The van der Waals surface area contributed by atoms with Crippen LogP contribution in [0.2, 0.25) is 0 Å². The van der Waals surface area contributed by atoms with Crippen LogP contribution < -0.4 is 11.1 Å². The normalized spacial score (nSPS) is 21.9. The molecule has 1 heterocycles. The molecule has 0 aromatic heterocycles. The third-order valence-corrected chi connectivity index (χ3v) is 4.57. The fourth-order valence-corrected chi connectivity index (χ4v) is 3.30. The third-order valence-electron chi connectivity index (χ3n) is 4.57. The van der Waals surface area contributed by atoms with Crippen LogP contribution in [0.3, 0.4) is 0 Å². The molecule has 0 unspecified atom stereocenters. The average molecular weight is 349 g/mol. The molecule has 5 nitrogen and oxygen atoms in total. The fraction of sp³-hybridized carbons (Fsp3) is 0.579. The molecule has 1 saturated heterocycles. The number of halogens is 1. The van der Waals surface area contributed by atoms with Crippen LogP contribution in [0.5, 0.6) is 0 Å². The number of hydrogen-bond acceptors (Lipinski definition) is 3. The second-order valence-corrected chi connectivity index (χ2v) is 8.15. The molecule has 0 bridgehead atoms. The number of carbonyl (C=O) groups is 2. The van der Waals surface area contributed by atoms with E-state index in [1.54, 1.807) is 19.1 Å². The van der Waals surface area contributed by atoms with Crippen LogP contribution in [-0.2, 0) is 9.59 Å². The van der Waals surface area contributed by atoms with Gasteiger partial charge in [-0.1, -0.05) is 32.9 Å². The van der Waals surface area contributed by atoms with E-state index >= 15 is 0 Å². The molecule has 1 aliphatic rings. The minimum absolute atomic E-state index is 0.106. The second-order valence-electron chi connectivity index (χ2n) is 8.15. The summed E-state index contributed by atoms with van der Waals surface area (Å²) in [5.41, 5.74) is 7.03. The zero-order chi connectivity index (χ0) is 18.8. The van der Waals surface area contributed by atoms with E-state index in [0.717, 1.165) is 12.0 Å². The SMILES string of the molecule is C[C@H](NC(=O)C(=O)N1C[C@@H](CC(C)(C)C)[C@H](N)C1)c1ccc(F)cc1. The molecule has 0 radical (unpaired) electrons. The summed E-state index contributed by atoms with van der Waals surface area (Å²) in [5, 5.41) is 2.68. The Labute approximate surface area is 148 Å². The molecule has 3 atom stereocenters. The Morgan fingerprint density at radius 2 is 1.88 bits per heavy atom. The molecule has 0 spiro atoms. The Balaban J connectivity index is 1.94. The number of amides is 2. The molecule has 25 heavy (non-hydrogen) atoms. The molecule has 1 fully saturated rings. The largest absolute Gasteiger partial charge is 0.341 e. The zero-order valence-electron chi connectivity index (χ0n) is 15.4. The standard InChI is InChI=1S/C19H28FN3O2/c1-12(13-5-7-15(20)8-6-13)22-17(24)18(25)23-10-14(16(21)11-23)9-19(2,3)4/h5-8,12,14,16H,9-11,21H2,1-4H3,(H,22,24)/t12-,14+,16+/m0/s1. The predicted octanol–water partition coefficient (Wildman–Crippen LogP) is 2.22. The van der Waals surface area contributed by atoms with Gasteiger partial charge in [-0.05, 0) is 42.4 Å². The van der Waals surface area contributed by atoms with E-state index in [2.05, 4.69) is 26.1 Å². The fourth-order valence-electron chi connectivity index (χ4n) is 3.30. The lowest BCUT2D eigenvalue weighted by Gasteiger charge is -2.24. The van der Waals surface area contributed by atoms with Gasteiger partial charge >= 0.3 is 11.8 Å². The molecule has 3 N–H and O–H groups in total. The van der Waals surface area contributed by atoms with Crippen molar-refractivity contribution >= 4 is 11.8 Å². The lowest BCUT2D eigenvalue weighted by atomic mass is 9.83.